The molecule has 0 N–H and O–H groups in total. The highest BCUT2D eigenvalue weighted by Crippen LogP contribution is 2.53. The molecule has 0 unspecified atom stereocenters. The topological polar surface area (TPSA) is 6.48 Å². The molecule has 2 nitrogen and oxygen atoms in total. The number of halogens is 2. The fraction of sp³-hybridized carbons (Fsp3) is 0.123. The Hall–Kier alpha value is -8.86. The normalized spacial score (nSPS) is 13.4. The predicted molar refractivity (Wildman–Crippen MR) is 324 cm³/mol. The summed E-state index contributed by atoms with van der Waals surface area (Å²) in [6.45, 7) is 17.5. The highest BCUT2D eigenvalue weighted by Gasteiger charge is 2.30. The van der Waals surface area contributed by atoms with E-state index in [2.05, 4.69) is 0 Å². The number of hydrogen-bond acceptors (Lipinski definition) is 2. The third-order valence-corrected chi connectivity index (χ3v) is 15.5. The van der Waals surface area contributed by atoms with Crippen LogP contribution in [-0.4, -0.2) is 0 Å². The molecule has 0 radical (unpaired) electrons. The molecular weight excluding hydrogens is 943 g/mol. The van der Waals surface area contributed by atoms with Crippen LogP contribution in [0.2, 0.25) is 0 Å². The molecule has 0 aromatic heterocycles. The smallest absolute Gasteiger partial charge is 0.155 e. The van der Waals surface area contributed by atoms with Gasteiger partial charge in [-0.05, 0) is 227 Å². The molecule has 4 heteroatoms. The minimum Gasteiger partial charge on any atom is -0.307 e. The molecule has 376 valence electrons. The standard InChI is InChI=1S/C73H60F2N2/c1-43-20-16-21-44(2)65(43)58-41-61(74)64(42-59(58)66-45(3)22-17-23-46(66)4)76(54-28-12-10-13-29-54)62-38-34-52-33-37-57-63(39-35-53-32-36-56(62)69(52)70(53)57)77(55-30-14-11-15-31-55)73-51(9)40-60(67-47(5)24-18-25-48(67)6)71(72(73)75)68-49(7)26-19-27-50(68)8/h10-42H,1-9H3/i10D,11D,12D,13D,14D,15D,28D,29D,30D,31D. The molecule has 12 rings (SSSR count). The maximum atomic E-state index is 19.3. The Morgan fingerprint density at radius 1 is 0.338 bits per heavy atom. The molecule has 0 atom stereocenters. The minimum absolute atomic E-state index is 0.0382. The number of anilines is 6. The first-order valence-corrected chi connectivity index (χ1v) is 25.8. The van der Waals surface area contributed by atoms with E-state index in [0.29, 0.717) is 60.1 Å². The Balaban J connectivity index is 1.20. The van der Waals surface area contributed by atoms with Crippen LogP contribution in [0.3, 0.4) is 0 Å². The number of aryl methyl sites for hydroxylation is 9. The lowest BCUT2D eigenvalue weighted by atomic mass is 9.84. The number of hydrogen-bond donors (Lipinski definition) is 0. The van der Waals surface area contributed by atoms with Gasteiger partial charge < -0.3 is 9.80 Å². The summed E-state index contributed by atoms with van der Waals surface area (Å²) < 4.78 is 129. The van der Waals surface area contributed by atoms with Gasteiger partial charge in [-0.25, -0.2) is 8.78 Å². The van der Waals surface area contributed by atoms with E-state index >= 15 is 8.78 Å². The highest BCUT2D eigenvalue weighted by molar-refractivity contribution is 6.28. The van der Waals surface area contributed by atoms with Crippen molar-refractivity contribution in [1.82, 2.24) is 0 Å². The van der Waals surface area contributed by atoms with Crippen LogP contribution in [0.4, 0.5) is 42.9 Å². The van der Waals surface area contributed by atoms with Gasteiger partial charge in [0.15, 0.2) is 5.82 Å². The van der Waals surface area contributed by atoms with Gasteiger partial charge in [0, 0.05) is 27.7 Å². The van der Waals surface area contributed by atoms with Crippen LogP contribution in [0.1, 0.15) is 63.8 Å². The summed E-state index contributed by atoms with van der Waals surface area (Å²) in [6, 6.07) is 37.4. The van der Waals surface area contributed by atoms with Crippen LogP contribution in [-0.2, 0) is 0 Å². The van der Waals surface area contributed by atoms with E-state index in [1.54, 1.807) is 25.1 Å². The summed E-state index contributed by atoms with van der Waals surface area (Å²) in [6.07, 6.45) is 0. The lowest BCUT2D eigenvalue weighted by Gasteiger charge is -2.32. The van der Waals surface area contributed by atoms with Gasteiger partial charge in [0.25, 0.3) is 0 Å². The van der Waals surface area contributed by atoms with Crippen LogP contribution in [0.25, 0.3) is 76.8 Å². The maximum absolute atomic E-state index is 19.3. The molecule has 0 aliphatic carbocycles. The Morgan fingerprint density at radius 3 is 1.17 bits per heavy atom. The van der Waals surface area contributed by atoms with Crippen LogP contribution >= 0.6 is 0 Å². The fourth-order valence-corrected chi connectivity index (χ4v) is 12.2. The monoisotopic (exact) mass is 1010 g/mol. The Labute approximate surface area is 465 Å². The van der Waals surface area contributed by atoms with Gasteiger partial charge in [-0.15, -0.1) is 0 Å². The SMILES string of the molecule is [2H]c1c([2H])c([2H])c(N(c2cc(-c3c(C)cccc3C)c(-c3c(C)cccc3C)cc2F)c2ccc3ccc4c(N(c5c([2H])c([2H])c([2H])c([2H])c5[2H])c5c(C)cc(-c6c(C)cccc6C)c(-c6c(C)cccc6C)c5F)ccc5ccc2c3c54)c([2H])c1[2H]. The van der Waals surface area contributed by atoms with Gasteiger partial charge >= 0.3 is 0 Å². The molecule has 0 saturated carbocycles. The molecule has 0 heterocycles. The van der Waals surface area contributed by atoms with Gasteiger partial charge in [-0.1, -0.05) is 145 Å². The summed E-state index contributed by atoms with van der Waals surface area (Å²) in [5.41, 5.74) is 12.8. The summed E-state index contributed by atoms with van der Waals surface area (Å²) in [5, 5.41) is 3.64. The van der Waals surface area contributed by atoms with Crippen molar-refractivity contribution in [2.24, 2.45) is 0 Å². The number of benzene rings is 12. The van der Waals surface area contributed by atoms with Crippen molar-refractivity contribution in [1.29, 1.82) is 0 Å². The summed E-state index contributed by atoms with van der Waals surface area (Å²) in [4.78, 5) is 2.89. The predicted octanol–water partition coefficient (Wildman–Crippen LogP) is 21.2. The van der Waals surface area contributed by atoms with Crippen molar-refractivity contribution in [2.45, 2.75) is 62.3 Å². The van der Waals surface area contributed by atoms with Gasteiger partial charge in [-0.3, -0.25) is 0 Å². The molecule has 77 heavy (non-hydrogen) atoms. The van der Waals surface area contributed by atoms with E-state index in [1.807, 2.05) is 171 Å². The average molecular weight is 1010 g/mol. The summed E-state index contributed by atoms with van der Waals surface area (Å²) in [5.74, 6) is -1.40. The second-order valence-corrected chi connectivity index (χ2v) is 20.4. The number of nitrogens with zero attached hydrogens (tertiary/aromatic N) is 2. The Morgan fingerprint density at radius 2 is 0.714 bits per heavy atom. The van der Waals surface area contributed by atoms with Crippen LogP contribution in [0.15, 0.2) is 200 Å². The third-order valence-electron chi connectivity index (χ3n) is 15.5. The molecule has 0 fully saturated rings. The second-order valence-electron chi connectivity index (χ2n) is 20.4. The zero-order valence-electron chi connectivity index (χ0n) is 54.4. The third kappa shape index (κ3) is 8.13. The van der Waals surface area contributed by atoms with Crippen LogP contribution < -0.4 is 9.80 Å². The van der Waals surface area contributed by atoms with Crippen LogP contribution in [0.5, 0.6) is 0 Å². The molecule has 0 saturated heterocycles. The van der Waals surface area contributed by atoms with Gasteiger partial charge in [-0.2, -0.15) is 0 Å². The van der Waals surface area contributed by atoms with Crippen molar-refractivity contribution >= 4 is 66.4 Å². The summed E-state index contributed by atoms with van der Waals surface area (Å²) >= 11 is 0. The Bertz CT molecular complexity index is 4780. The van der Waals surface area contributed by atoms with Crippen LogP contribution in [0, 0.1) is 73.9 Å². The van der Waals surface area contributed by atoms with E-state index < -0.39 is 72.1 Å². The average Bonchev–Trinajstić information content (AvgIpc) is 0.752. The van der Waals surface area contributed by atoms with Crippen molar-refractivity contribution in [3.8, 4) is 44.5 Å². The quantitative estimate of drug-likeness (QED) is 0.126. The second kappa shape index (κ2) is 19.4. The van der Waals surface area contributed by atoms with Crippen molar-refractivity contribution < 1.29 is 22.5 Å². The molecule has 12 aromatic rings. The minimum atomic E-state index is -0.724. The largest absolute Gasteiger partial charge is 0.307 e. The molecule has 0 amide bonds. The zero-order valence-corrected chi connectivity index (χ0v) is 44.4. The molecule has 12 aromatic carbocycles. The molecule has 0 aliphatic rings. The van der Waals surface area contributed by atoms with Gasteiger partial charge in [0.1, 0.15) is 5.82 Å². The van der Waals surface area contributed by atoms with E-state index in [0.717, 1.165) is 61.2 Å². The van der Waals surface area contributed by atoms with Crippen molar-refractivity contribution in [2.75, 3.05) is 9.80 Å². The maximum Gasteiger partial charge on any atom is 0.155 e. The van der Waals surface area contributed by atoms with Gasteiger partial charge in [0.2, 0.25) is 0 Å². The number of rotatable bonds is 10. The first-order chi connectivity index (χ1) is 41.4. The highest BCUT2D eigenvalue weighted by atomic mass is 19.1. The van der Waals surface area contributed by atoms with E-state index in [1.165, 1.54) is 15.9 Å². The fourth-order valence-electron chi connectivity index (χ4n) is 12.2. The molecular formula is C73H60F2N2. The summed E-state index contributed by atoms with van der Waals surface area (Å²) in [7, 11) is 0. The zero-order chi connectivity index (χ0) is 62.1. The Kier molecular flexibility index (Phi) is 9.72. The first-order valence-electron chi connectivity index (χ1n) is 30.8. The van der Waals surface area contributed by atoms with E-state index in [-0.39, 0.29) is 39.7 Å². The van der Waals surface area contributed by atoms with Gasteiger partial charge in [0.05, 0.1) is 36.5 Å². The number of para-hydroxylation sites is 2. The lowest BCUT2D eigenvalue weighted by molar-refractivity contribution is 0.629. The van der Waals surface area contributed by atoms with Crippen molar-refractivity contribution in [3.63, 3.8) is 0 Å². The first kappa shape index (κ1) is 38.7. The molecule has 0 aliphatic heterocycles. The molecule has 0 spiro atoms. The van der Waals surface area contributed by atoms with Crippen molar-refractivity contribution in [3.05, 3.63) is 262 Å². The van der Waals surface area contributed by atoms with E-state index in [4.69, 9.17) is 8.22 Å². The molecule has 0 bridgehead atoms. The van der Waals surface area contributed by atoms with E-state index in [9.17, 15) is 5.48 Å². The lowest BCUT2D eigenvalue weighted by Crippen LogP contribution is -2.15.